The number of hydrogen-bond acceptors (Lipinski definition) is 4. The van der Waals surface area contributed by atoms with Crippen LogP contribution in [0.15, 0.2) is 0 Å². The van der Waals surface area contributed by atoms with Gasteiger partial charge in [-0.2, -0.15) is 0 Å². The molecule has 4 heteroatoms. The van der Waals surface area contributed by atoms with Gasteiger partial charge in [-0.05, 0) is 58.2 Å². The minimum Gasteiger partial charge on any atom is -0.378 e. The summed E-state index contributed by atoms with van der Waals surface area (Å²) in [5, 5.41) is 7.07. The molecule has 1 unspecified atom stereocenters. The molecular weight excluding hydrogens is 238 g/mol. The first-order valence-corrected chi connectivity index (χ1v) is 8.21. The van der Waals surface area contributed by atoms with Crippen LogP contribution in [0.2, 0.25) is 0 Å². The van der Waals surface area contributed by atoms with Gasteiger partial charge in [0.2, 0.25) is 0 Å². The van der Waals surface area contributed by atoms with Crippen LogP contribution in [0.4, 0.5) is 0 Å². The Bertz CT molecular complexity index is 264. The molecule has 0 bridgehead atoms. The number of nitrogens with one attached hydrogen (secondary N) is 2. The Kier molecular flexibility index (Phi) is 5.10. The fraction of sp³-hybridized carbons (Fsp3) is 1.00. The van der Waals surface area contributed by atoms with Crippen LogP contribution in [0.1, 0.15) is 38.5 Å². The predicted octanol–water partition coefficient (Wildman–Crippen LogP) is 0.971. The zero-order valence-corrected chi connectivity index (χ0v) is 12.1. The zero-order valence-electron chi connectivity index (χ0n) is 12.1. The predicted molar refractivity (Wildman–Crippen MR) is 77.5 cm³/mol. The Balaban J connectivity index is 1.19. The highest BCUT2D eigenvalue weighted by Crippen LogP contribution is 2.29. The van der Waals surface area contributed by atoms with Gasteiger partial charge >= 0.3 is 0 Å². The molecule has 2 saturated heterocycles. The van der Waals surface area contributed by atoms with E-state index in [9.17, 15) is 0 Å². The lowest BCUT2D eigenvalue weighted by Crippen LogP contribution is -2.35. The van der Waals surface area contributed by atoms with E-state index >= 15 is 0 Å². The Labute approximate surface area is 117 Å². The van der Waals surface area contributed by atoms with E-state index in [1.54, 1.807) is 0 Å². The molecule has 0 amide bonds. The van der Waals surface area contributed by atoms with Crippen molar-refractivity contribution in [2.24, 2.45) is 0 Å². The molecule has 1 atom stereocenters. The molecule has 1 aliphatic carbocycles. The highest BCUT2D eigenvalue weighted by Gasteiger charge is 2.33. The van der Waals surface area contributed by atoms with Crippen molar-refractivity contribution in [2.45, 2.75) is 56.7 Å². The second kappa shape index (κ2) is 7.02. The van der Waals surface area contributed by atoms with Gasteiger partial charge in [0.15, 0.2) is 0 Å². The summed E-state index contributed by atoms with van der Waals surface area (Å²) in [6, 6.07) is 1.68. The quantitative estimate of drug-likeness (QED) is 0.674. The summed E-state index contributed by atoms with van der Waals surface area (Å²) in [7, 11) is 0. The van der Waals surface area contributed by atoms with E-state index in [4.69, 9.17) is 4.74 Å². The molecule has 3 aliphatic rings. The molecule has 19 heavy (non-hydrogen) atoms. The highest BCUT2D eigenvalue weighted by atomic mass is 16.5. The van der Waals surface area contributed by atoms with Gasteiger partial charge in [-0.3, -0.25) is 4.90 Å². The summed E-state index contributed by atoms with van der Waals surface area (Å²) in [5.41, 5.74) is 0. The first-order valence-electron chi connectivity index (χ1n) is 8.21. The van der Waals surface area contributed by atoms with E-state index in [0.29, 0.717) is 6.10 Å². The van der Waals surface area contributed by atoms with Gasteiger partial charge in [0, 0.05) is 31.8 Å². The number of likely N-dealkylation sites (tertiary alicyclic amines) is 1. The average Bonchev–Trinajstić information content (AvgIpc) is 3.20. The lowest BCUT2D eigenvalue weighted by molar-refractivity contribution is 0.0315. The third kappa shape index (κ3) is 4.42. The van der Waals surface area contributed by atoms with Crippen LogP contribution in [-0.2, 0) is 4.74 Å². The number of nitrogens with zero attached hydrogens (tertiary/aromatic N) is 1. The largest absolute Gasteiger partial charge is 0.378 e. The SMILES string of the molecule is C(CNC1CCN(C2CC2)C1)COC1CCNCC1. The monoisotopic (exact) mass is 267 g/mol. The molecule has 2 N–H and O–H groups in total. The topological polar surface area (TPSA) is 36.5 Å². The Hall–Kier alpha value is -0.160. The van der Waals surface area contributed by atoms with Crippen LogP contribution in [0.25, 0.3) is 0 Å². The van der Waals surface area contributed by atoms with Gasteiger partial charge in [0.1, 0.15) is 0 Å². The maximum atomic E-state index is 5.93. The van der Waals surface area contributed by atoms with Crippen LogP contribution in [0, 0.1) is 0 Å². The van der Waals surface area contributed by atoms with Crippen molar-refractivity contribution in [3.8, 4) is 0 Å². The van der Waals surface area contributed by atoms with E-state index < -0.39 is 0 Å². The van der Waals surface area contributed by atoms with E-state index in [0.717, 1.165) is 44.7 Å². The molecule has 3 rings (SSSR count). The Morgan fingerprint density at radius 3 is 2.74 bits per heavy atom. The van der Waals surface area contributed by atoms with Crippen LogP contribution >= 0.6 is 0 Å². The summed E-state index contributed by atoms with van der Waals surface area (Å²) in [4.78, 5) is 2.67. The van der Waals surface area contributed by atoms with Gasteiger partial charge < -0.3 is 15.4 Å². The standard InChI is InChI=1S/C15H29N3O/c1(11-19-15-4-8-16-9-5-15)7-17-13-6-10-18(12-13)14-2-3-14/h13-17H,1-12H2. The van der Waals surface area contributed by atoms with E-state index in [-0.39, 0.29) is 0 Å². The summed E-state index contributed by atoms with van der Waals surface area (Å²) < 4.78 is 5.93. The van der Waals surface area contributed by atoms with Gasteiger partial charge in [-0.15, -0.1) is 0 Å². The smallest absolute Gasteiger partial charge is 0.0599 e. The Morgan fingerprint density at radius 1 is 1.11 bits per heavy atom. The highest BCUT2D eigenvalue weighted by molar-refractivity contribution is 4.91. The van der Waals surface area contributed by atoms with E-state index in [1.165, 1.54) is 45.2 Å². The normalized spacial score (nSPS) is 30.0. The van der Waals surface area contributed by atoms with Gasteiger partial charge in [0.25, 0.3) is 0 Å². The minimum atomic E-state index is 0.512. The molecule has 4 nitrogen and oxygen atoms in total. The molecule has 0 spiro atoms. The van der Waals surface area contributed by atoms with Crippen LogP contribution in [0.5, 0.6) is 0 Å². The summed E-state index contributed by atoms with van der Waals surface area (Å²) in [6.45, 7) is 6.89. The van der Waals surface area contributed by atoms with Gasteiger partial charge in [-0.25, -0.2) is 0 Å². The molecule has 0 radical (unpaired) electrons. The molecular formula is C15H29N3O. The molecule has 1 saturated carbocycles. The third-order valence-electron chi connectivity index (χ3n) is 4.68. The van der Waals surface area contributed by atoms with E-state index in [2.05, 4.69) is 15.5 Å². The maximum Gasteiger partial charge on any atom is 0.0599 e. The van der Waals surface area contributed by atoms with Crippen LogP contribution in [0.3, 0.4) is 0 Å². The third-order valence-corrected chi connectivity index (χ3v) is 4.68. The average molecular weight is 267 g/mol. The van der Waals surface area contributed by atoms with Crippen molar-refractivity contribution in [2.75, 3.05) is 39.3 Å². The van der Waals surface area contributed by atoms with Crippen molar-refractivity contribution < 1.29 is 4.74 Å². The Morgan fingerprint density at radius 2 is 1.95 bits per heavy atom. The van der Waals surface area contributed by atoms with Crippen LogP contribution in [-0.4, -0.2) is 62.4 Å². The lowest BCUT2D eigenvalue weighted by Gasteiger charge is -2.23. The lowest BCUT2D eigenvalue weighted by atomic mass is 10.1. The second-order valence-corrected chi connectivity index (χ2v) is 6.34. The molecule has 3 fully saturated rings. The van der Waals surface area contributed by atoms with Gasteiger partial charge in [-0.1, -0.05) is 0 Å². The van der Waals surface area contributed by atoms with Crippen molar-refractivity contribution in [3.05, 3.63) is 0 Å². The van der Waals surface area contributed by atoms with Crippen molar-refractivity contribution >= 4 is 0 Å². The second-order valence-electron chi connectivity index (χ2n) is 6.34. The van der Waals surface area contributed by atoms with Crippen LogP contribution < -0.4 is 10.6 Å². The molecule has 0 aromatic rings. The number of hydrogen-bond donors (Lipinski definition) is 2. The van der Waals surface area contributed by atoms with Crippen molar-refractivity contribution in [3.63, 3.8) is 0 Å². The van der Waals surface area contributed by atoms with E-state index in [1.807, 2.05) is 0 Å². The fourth-order valence-electron chi connectivity index (χ4n) is 3.32. The molecule has 0 aromatic heterocycles. The molecule has 0 aromatic carbocycles. The maximum absolute atomic E-state index is 5.93. The summed E-state index contributed by atoms with van der Waals surface area (Å²) in [6.07, 6.45) is 8.26. The summed E-state index contributed by atoms with van der Waals surface area (Å²) >= 11 is 0. The first kappa shape index (κ1) is 13.8. The molecule has 2 aliphatic heterocycles. The zero-order chi connectivity index (χ0) is 12.9. The molecule has 110 valence electrons. The number of rotatable bonds is 7. The fourth-order valence-corrected chi connectivity index (χ4v) is 3.32. The number of ether oxygens (including phenoxy) is 1. The number of piperidine rings is 1. The molecule has 2 heterocycles. The van der Waals surface area contributed by atoms with Crippen molar-refractivity contribution in [1.29, 1.82) is 0 Å². The first-order chi connectivity index (χ1) is 9.42. The van der Waals surface area contributed by atoms with Crippen molar-refractivity contribution in [1.82, 2.24) is 15.5 Å². The summed E-state index contributed by atoms with van der Waals surface area (Å²) in [5.74, 6) is 0. The van der Waals surface area contributed by atoms with Gasteiger partial charge in [0.05, 0.1) is 6.10 Å². The minimum absolute atomic E-state index is 0.512.